The number of nitrogens with zero attached hydrogens (tertiary/aromatic N) is 1. The molecular formula is C23H20ClNO4. The van der Waals surface area contributed by atoms with Crippen LogP contribution in [-0.2, 0) is 25.7 Å². The van der Waals surface area contributed by atoms with Crippen molar-refractivity contribution in [1.82, 2.24) is 0 Å². The molecule has 3 aliphatic rings. The molecule has 0 radical (unpaired) electrons. The van der Waals surface area contributed by atoms with Gasteiger partial charge in [0.2, 0.25) is 5.91 Å². The minimum absolute atomic E-state index is 0.111. The van der Waals surface area contributed by atoms with Crippen molar-refractivity contribution in [3.05, 3.63) is 76.8 Å². The van der Waals surface area contributed by atoms with Crippen molar-refractivity contribution >= 4 is 29.2 Å². The molecule has 2 saturated heterocycles. The Morgan fingerprint density at radius 1 is 1.28 bits per heavy atom. The Labute approximate surface area is 173 Å². The van der Waals surface area contributed by atoms with Gasteiger partial charge in [0.1, 0.15) is 18.1 Å². The van der Waals surface area contributed by atoms with Gasteiger partial charge in [0, 0.05) is 10.7 Å². The fraction of sp³-hybridized carbons (Fsp3) is 0.304. The maximum absolute atomic E-state index is 13.3. The first-order chi connectivity index (χ1) is 14.0. The van der Waals surface area contributed by atoms with E-state index in [2.05, 4.69) is 0 Å². The van der Waals surface area contributed by atoms with E-state index in [4.69, 9.17) is 21.1 Å². The Bertz CT molecular complexity index is 1020. The van der Waals surface area contributed by atoms with Crippen molar-refractivity contribution in [2.75, 3.05) is 11.4 Å². The molecule has 6 heteroatoms. The van der Waals surface area contributed by atoms with E-state index >= 15 is 0 Å². The van der Waals surface area contributed by atoms with E-state index in [1.807, 2.05) is 61.5 Å². The highest BCUT2D eigenvalue weighted by Crippen LogP contribution is 2.53. The molecule has 1 amide bonds. The Morgan fingerprint density at radius 2 is 2.07 bits per heavy atom. The number of carbonyl (C=O) groups excluding carboxylic acids is 2. The Balaban J connectivity index is 1.39. The van der Waals surface area contributed by atoms with Crippen LogP contribution in [0.5, 0.6) is 0 Å². The monoisotopic (exact) mass is 409 g/mol. The van der Waals surface area contributed by atoms with Crippen molar-refractivity contribution in [2.24, 2.45) is 11.8 Å². The number of esters is 1. The van der Waals surface area contributed by atoms with E-state index < -0.39 is 29.5 Å². The SMILES string of the molecule is Cc1cc(N2C[C@@]34C=C[C@H](O3)[C@H](C(=O)OCc3ccccc3)[C@@H]4C2=O)ccc1Cl. The lowest BCUT2D eigenvalue weighted by molar-refractivity contribution is -0.153. The van der Waals surface area contributed by atoms with E-state index in [9.17, 15) is 9.59 Å². The van der Waals surface area contributed by atoms with Crippen molar-refractivity contribution in [1.29, 1.82) is 0 Å². The van der Waals surface area contributed by atoms with Gasteiger partial charge >= 0.3 is 5.97 Å². The van der Waals surface area contributed by atoms with Gasteiger partial charge in [0.25, 0.3) is 0 Å². The lowest BCUT2D eigenvalue weighted by Gasteiger charge is -2.22. The molecule has 5 nitrogen and oxygen atoms in total. The summed E-state index contributed by atoms with van der Waals surface area (Å²) in [5.74, 6) is -1.70. The summed E-state index contributed by atoms with van der Waals surface area (Å²) < 4.78 is 11.7. The highest BCUT2D eigenvalue weighted by Gasteiger charge is 2.67. The molecule has 0 unspecified atom stereocenters. The number of hydrogen-bond donors (Lipinski definition) is 0. The standard InChI is InChI=1S/C23H20ClNO4/c1-14-11-16(7-8-17(14)24)25-13-23-10-9-18(29-23)19(20(23)21(25)26)22(27)28-12-15-5-3-2-4-6-15/h2-11,18-20H,12-13H2,1H3/t18-,19-,20+,23+/m0/s1. The molecule has 0 N–H and O–H groups in total. The van der Waals surface area contributed by atoms with Gasteiger partial charge in [0.15, 0.2) is 0 Å². The number of anilines is 1. The third-order valence-corrected chi connectivity index (χ3v) is 6.47. The molecule has 3 aliphatic heterocycles. The molecule has 4 atom stereocenters. The third-order valence-electron chi connectivity index (χ3n) is 6.05. The van der Waals surface area contributed by atoms with Crippen LogP contribution in [0.15, 0.2) is 60.7 Å². The molecular weight excluding hydrogens is 390 g/mol. The van der Waals surface area contributed by atoms with Crippen LogP contribution in [0.4, 0.5) is 5.69 Å². The first-order valence-electron chi connectivity index (χ1n) is 9.64. The maximum atomic E-state index is 13.3. The average molecular weight is 410 g/mol. The predicted octanol–water partition coefficient (Wildman–Crippen LogP) is 3.68. The lowest BCUT2D eigenvalue weighted by Crippen LogP contribution is -2.40. The summed E-state index contributed by atoms with van der Waals surface area (Å²) in [5.41, 5.74) is 1.79. The average Bonchev–Trinajstić information content (AvgIpc) is 3.37. The first-order valence-corrected chi connectivity index (χ1v) is 10.0. The summed E-state index contributed by atoms with van der Waals surface area (Å²) in [7, 11) is 0. The van der Waals surface area contributed by atoms with Gasteiger partial charge in [0.05, 0.1) is 18.6 Å². The molecule has 3 heterocycles. The van der Waals surface area contributed by atoms with Crippen LogP contribution in [0.3, 0.4) is 0 Å². The van der Waals surface area contributed by atoms with Gasteiger partial charge in [-0.25, -0.2) is 0 Å². The largest absolute Gasteiger partial charge is 0.460 e. The van der Waals surface area contributed by atoms with Crippen LogP contribution in [0.1, 0.15) is 11.1 Å². The van der Waals surface area contributed by atoms with E-state index in [-0.39, 0.29) is 12.5 Å². The van der Waals surface area contributed by atoms with Gasteiger partial charge in [-0.2, -0.15) is 0 Å². The van der Waals surface area contributed by atoms with E-state index in [1.165, 1.54) is 0 Å². The molecule has 148 valence electrons. The van der Waals surface area contributed by atoms with Crippen LogP contribution < -0.4 is 4.90 Å². The van der Waals surface area contributed by atoms with Crippen molar-refractivity contribution in [3.8, 4) is 0 Å². The molecule has 2 aromatic carbocycles. The van der Waals surface area contributed by atoms with Crippen molar-refractivity contribution in [3.63, 3.8) is 0 Å². The second-order valence-electron chi connectivity index (χ2n) is 7.85. The number of carbonyl (C=O) groups is 2. The predicted molar refractivity (Wildman–Crippen MR) is 109 cm³/mol. The zero-order chi connectivity index (χ0) is 20.2. The number of halogens is 1. The number of hydrogen-bond acceptors (Lipinski definition) is 4. The number of ether oxygens (including phenoxy) is 2. The van der Waals surface area contributed by atoms with Crippen LogP contribution in [0, 0.1) is 18.8 Å². The van der Waals surface area contributed by atoms with Crippen LogP contribution in [0.2, 0.25) is 5.02 Å². The molecule has 0 aromatic heterocycles. The van der Waals surface area contributed by atoms with Crippen LogP contribution >= 0.6 is 11.6 Å². The molecule has 2 fully saturated rings. The highest BCUT2D eigenvalue weighted by molar-refractivity contribution is 6.31. The number of rotatable bonds is 4. The minimum Gasteiger partial charge on any atom is -0.460 e. The molecule has 0 aliphatic carbocycles. The fourth-order valence-corrected chi connectivity index (χ4v) is 4.73. The second kappa shape index (κ2) is 6.71. The van der Waals surface area contributed by atoms with Gasteiger partial charge < -0.3 is 14.4 Å². The second-order valence-corrected chi connectivity index (χ2v) is 8.26. The Hall–Kier alpha value is -2.63. The summed E-state index contributed by atoms with van der Waals surface area (Å²) in [6.07, 6.45) is 3.40. The summed E-state index contributed by atoms with van der Waals surface area (Å²) >= 11 is 6.13. The molecule has 5 rings (SSSR count). The van der Waals surface area contributed by atoms with Gasteiger partial charge in [-0.05, 0) is 36.2 Å². The lowest BCUT2D eigenvalue weighted by atomic mass is 9.77. The van der Waals surface area contributed by atoms with Gasteiger partial charge in [-0.3, -0.25) is 9.59 Å². The van der Waals surface area contributed by atoms with E-state index in [0.29, 0.717) is 11.6 Å². The zero-order valence-corrected chi connectivity index (χ0v) is 16.6. The summed E-state index contributed by atoms with van der Waals surface area (Å²) in [6, 6.07) is 15.0. The first kappa shape index (κ1) is 18.4. The third kappa shape index (κ3) is 2.88. The molecule has 2 bridgehead atoms. The van der Waals surface area contributed by atoms with Gasteiger partial charge in [-0.1, -0.05) is 54.1 Å². The molecule has 1 spiro atoms. The summed E-state index contributed by atoms with van der Waals surface area (Å²) in [5, 5.41) is 0.651. The quantitative estimate of drug-likeness (QED) is 0.571. The smallest absolute Gasteiger partial charge is 0.313 e. The normalized spacial score (nSPS) is 29.4. The highest BCUT2D eigenvalue weighted by atomic mass is 35.5. The summed E-state index contributed by atoms with van der Waals surface area (Å²) in [6.45, 7) is 2.46. The number of amides is 1. The van der Waals surface area contributed by atoms with Crippen molar-refractivity contribution < 1.29 is 19.1 Å². The van der Waals surface area contributed by atoms with Crippen molar-refractivity contribution in [2.45, 2.75) is 25.2 Å². The minimum atomic E-state index is -0.772. The zero-order valence-electron chi connectivity index (χ0n) is 15.9. The van der Waals surface area contributed by atoms with Crippen LogP contribution in [-0.4, -0.2) is 30.1 Å². The Kier molecular flexibility index (Phi) is 4.26. The van der Waals surface area contributed by atoms with Gasteiger partial charge in [-0.15, -0.1) is 0 Å². The molecule has 29 heavy (non-hydrogen) atoms. The summed E-state index contributed by atoms with van der Waals surface area (Å²) in [4.78, 5) is 27.9. The van der Waals surface area contributed by atoms with E-state index in [0.717, 1.165) is 16.8 Å². The van der Waals surface area contributed by atoms with Crippen LogP contribution in [0.25, 0.3) is 0 Å². The fourth-order valence-electron chi connectivity index (χ4n) is 4.61. The topological polar surface area (TPSA) is 55.8 Å². The Morgan fingerprint density at radius 3 is 2.83 bits per heavy atom. The molecule has 2 aromatic rings. The molecule has 0 saturated carbocycles. The number of benzene rings is 2. The maximum Gasteiger partial charge on any atom is 0.313 e. The number of aryl methyl sites for hydroxylation is 1. The van der Waals surface area contributed by atoms with E-state index in [1.54, 1.807) is 11.0 Å². The number of fused-ring (bicyclic) bond motifs is 1.